The highest BCUT2D eigenvalue weighted by Crippen LogP contribution is 2.24. The summed E-state index contributed by atoms with van der Waals surface area (Å²) in [6.45, 7) is 6.00. The molecule has 1 atom stereocenters. The molecule has 1 aromatic heterocycles. The van der Waals surface area contributed by atoms with Gasteiger partial charge in [-0.2, -0.15) is 0 Å². The van der Waals surface area contributed by atoms with Crippen molar-refractivity contribution in [3.63, 3.8) is 0 Å². The number of benzene rings is 2. The first-order valence-electron chi connectivity index (χ1n) is 7.95. The van der Waals surface area contributed by atoms with Crippen LogP contribution in [-0.4, -0.2) is 16.1 Å². The molecular weight excluding hydrogens is 300 g/mol. The lowest BCUT2D eigenvalue weighted by molar-refractivity contribution is 0.269. The van der Waals surface area contributed by atoms with E-state index in [9.17, 15) is 0 Å². The van der Waals surface area contributed by atoms with E-state index < -0.39 is 0 Å². The maximum Gasteiger partial charge on any atom is 0.238 e. The molecule has 0 saturated carbocycles. The molecule has 0 bridgehead atoms. The molecule has 1 heterocycles. The monoisotopic (exact) mass is 320 g/mol. The van der Waals surface area contributed by atoms with E-state index in [1.807, 2.05) is 75.4 Å². The van der Waals surface area contributed by atoms with Crippen molar-refractivity contribution in [2.75, 3.05) is 0 Å². The first kappa shape index (κ1) is 16.0. The minimum atomic E-state index is 0.0383. The zero-order chi connectivity index (χ0) is 16.9. The van der Waals surface area contributed by atoms with Gasteiger partial charge in [0.25, 0.3) is 0 Å². The Kier molecular flexibility index (Phi) is 4.75. The Morgan fingerprint density at radius 3 is 2.50 bits per heavy atom. The summed E-state index contributed by atoms with van der Waals surface area (Å²) in [6.07, 6.45) is 5.64. The summed E-state index contributed by atoms with van der Waals surface area (Å²) in [6, 6.07) is 13.5. The lowest BCUT2D eigenvalue weighted by atomic mass is 10.2. The van der Waals surface area contributed by atoms with Gasteiger partial charge in [-0.05, 0) is 68.8 Å². The first-order valence-corrected chi connectivity index (χ1v) is 7.95. The average Bonchev–Trinajstić information content (AvgIpc) is 2.56. The van der Waals surface area contributed by atoms with Crippen molar-refractivity contribution in [2.45, 2.75) is 26.9 Å². The number of rotatable bonds is 5. The van der Waals surface area contributed by atoms with Crippen LogP contribution in [0.1, 0.15) is 19.4 Å². The molecule has 122 valence electrons. The lowest BCUT2D eigenvalue weighted by Crippen LogP contribution is -2.07. The lowest BCUT2D eigenvalue weighted by Gasteiger charge is -2.11. The number of aromatic nitrogens is 2. The van der Waals surface area contributed by atoms with Crippen LogP contribution < -0.4 is 9.47 Å². The van der Waals surface area contributed by atoms with Gasteiger partial charge in [-0.25, -0.2) is 9.97 Å². The molecule has 0 fully saturated rings. The highest BCUT2D eigenvalue weighted by molar-refractivity contribution is 5.75. The number of hydrogen-bond donors (Lipinski definition) is 0. The number of fused-ring (bicyclic) bond motifs is 1. The number of aryl methyl sites for hydroxylation is 1. The van der Waals surface area contributed by atoms with E-state index in [-0.39, 0.29) is 6.10 Å². The van der Waals surface area contributed by atoms with E-state index in [2.05, 4.69) is 9.97 Å². The third kappa shape index (κ3) is 3.90. The van der Waals surface area contributed by atoms with Crippen LogP contribution in [0, 0.1) is 6.92 Å². The van der Waals surface area contributed by atoms with Crippen molar-refractivity contribution >= 4 is 11.0 Å². The minimum absolute atomic E-state index is 0.0383. The second kappa shape index (κ2) is 7.13. The molecule has 3 rings (SSSR count). The van der Waals surface area contributed by atoms with Crippen molar-refractivity contribution in [1.29, 1.82) is 0 Å². The number of hydrogen-bond acceptors (Lipinski definition) is 4. The Balaban J connectivity index is 1.74. The van der Waals surface area contributed by atoms with Gasteiger partial charge in [-0.3, -0.25) is 0 Å². The summed E-state index contributed by atoms with van der Waals surface area (Å²) >= 11 is 0. The van der Waals surface area contributed by atoms with Gasteiger partial charge in [0.05, 0.1) is 17.2 Å². The van der Waals surface area contributed by atoms with E-state index in [1.54, 1.807) is 6.20 Å². The van der Waals surface area contributed by atoms with E-state index in [0.717, 1.165) is 22.3 Å². The van der Waals surface area contributed by atoms with E-state index >= 15 is 0 Å². The topological polar surface area (TPSA) is 44.2 Å². The van der Waals surface area contributed by atoms with Crippen molar-refractivity contribution in [3.05, 3.63) is 66.4 Å². The zero-order valence-electron chi connectivity index (χ0n) is 14.1. The van der Waals surface area contributed by atoms with Crippen molar-refractivity contribution in [2.24, 2.45) is 0 Å². The standard InChI is InChI=1S/C20H20N2O2/c1-4-5-15(3)23-16-7-9-17(10-8-16)24-20-13-21-18-11-6-14(2)12-19(18)22-20/h4-13,15H,1-3H3. The first-order chi connectivity index (χ1) is 11.6. The Morgan fingerprint density at radius 1 is 1.00 bits per heavy atom. The van der Waals surface area contributed by atoms with Crippen LogP contribution in [0.5, 0.6) is 17.4 Å². The van der Waals surface area contributed by atoms with E-state index in [0.29, 0.717) is 11.6 Å². The molecule has 2 aromatic carbocycles. The summed E-state index contributed by atoms with van der Waals surface area (Å²) in [4.78, 5) is 8.88. The third-order valence-electron chi connectivity index (χ3n) is 3.51. The Labute approximate surface area is 141 Å². The fourth-order valence-corrected chi connectivity index (χ4v) is 2.39. The molecular formula is C20H20N2O2. The van der Waals surface area contributed by atoms with Crippen molar-refractivity contribution in [1.82, 2.24) is 9.97 Å². The highest BCUT2D eigenvalue weighted by atomic mass is 16.5. The summed E-state index contributed by atoms with van der Waals surface area (Å²) in [5.74, 6) is 1.97. The van der Waals surface area contributed by atoms with Crippen LogP contribution >= 0.6 is 0 Å². The molecule has 3 aromatic rings. The Morgan fingerprint density at radius 2 is 1.75 bits per heavy atom. The van der Waals surface area contributed by atoms with Gasteiger partial charge in [0.1, 0.15) is 17.6 Å². The largest absolute Gasteiger partial charge is 0.487 e. The molecule has 0 spiro atoms. The second-order valence-corrected chi connectivity index (χ2v) is 5.62. The molecule has 24 heavy (non-hydrogen) atoms. The van der Waals surface area contributed by atoms with Gasteiger partial charge < -0.3 is 9.47 Å². The van der Waals surface area contributed by atoms with Crippen LogP contribution in [0.4, 0.5) is 0 Å². The maximum atomic E-state index is 5.79. The third-order valence-corrected chi connectivity index (χ3v) is 3.51. The number of allylic oxidation sites excluding steroid dienone is 1. The fraction of sp³-hybridized carbons (Fsp3) is 0.200. The van der Waals surface area contributed by atoms with Crippen molar-refractivity contribution < 1.29 is 9.47 Å². The van der Waals surface area contributed by atoms with E-state index in [1.165, 1.54) is 0 Å². The van der Waals surface area contributed by atoms with Crippen LogP contribution in [0.15, 0.2) is 60.8 Å². The van der Waals surface area contributed by atoms with Crippen LogP contribution in [0.2, 0.25) is 0 Å². The van der Waals surface area contributed by atoms with Gasteiger partial charge in [-0.15, -0.1) is 0 Å². The molecule has 0 aliphatic carbocycles. The number of ether oxygens (including phenoxy) is 2. The molecule has 0 saturated heterocycles. The molecule has 0 amide bonds. The highest BCUT2D eigenvalue weighted by Gasteiger charge is 2.04. The predicted octanol–water partition coefficient (Wildman–Crippen LogP) is 5.07. The van der Waals surface area contributed by atoms with Gasteiger partial charge in [0.2, 0.25) is 5.88 Å². The smallest absolute Gasteiger partial charge is 0.238 e. The average molecular weight is 320 g/mol. The molecule has 0 aliphatic rings. The van der Waals surface area contributed by atoms with Gasteiger partial charge >= 0.3 is 0 Å². The zero-order valence-corrected chi connectivity index (χ0v) is 14.1. The van der Waals surface area contributed by atoms with Gasteiger partial charge in [0.15, 0.2) is 0 Å². The van der Waals surface area contributed by atoms with E-state index in [4.69, 9.17) is 9.47 Å². The minimum Gasteiger partial charge on any atom is -0.487 e. The maximum absolute atomic E-state index is 5.79. The predicted molar refractivity (Wildman–Crippen MR) is 95.7 cm³/mol. The fourth-order valence-electron chi connectivity index (χ4n) is 2.39. The van der Waals surface area contributed by atoms with Crippen LogP contribution in [0.25, 0.3) is 11.0 Å². The van der Waals surface area contributed by atoms with Crippen LogP contribution in [0.3, 0.4) is 0 Å². The molecule has 0 aliphatic heterocycles. The molecule has 4 heteroatoms. The molecule has 4 nitrogen and oxygen atoms in total. The summed E-state index contributed by atoms with van der Waals surface area (Å²) in [7, 11) is 0. The van der Waals surface area contributed by atoms with Crippen LogP contribution in [-0.2, 0) is 0 Å². The normalized spacial score (nSPS) is 12.5. The van der Waals surface area contributed by atoms with Crippen molar-refractivity contribution in [3.8, 4) is 17.4 Å². The number of nitrogens with zero attached hydrogens (tertiary/aromatic N) is 2. The summed E-state index contributed by atoms with van der Waals surface area (Å²) in [5.41, 5.74) is 2.83. The SMILES string of the molecule is CC=CC(C)Oc1ccc(Oc2cnc3ccc(C)cc3n2)cc1. The molecule has 0 N–H and O–H groups in total. The summed E-state index contributed by atoms with van der Waals surface area (Å²) in [5, 5.41) is 0. The Bertz CT molecular complexity index is 857. The second-order valence-electron chi connectivity index (χ2n) is 5.62. The summed E-state index contributed by atoms with van der Waals surface area (Å²) < 4.78 is 11.6. The quantitative estimate of drug-likeness (QED) is 0.615. The Hall–Kier alpha value is -2.88. The molecule has 1 unspecified atom stereocenters. The van der Waals surface area contributed by atoms with Gasteiger partial charge in [0, 0.05) is 0 Å². The van der Waals surface area contributed by atoms with Gasteiger partial charge in [-0.1, -0.05) is 12.1 Å². The molecule has 0 radical (unpaired) electrons.